The largest absolute Gasteiger partial charge is 0.465 e. The van der Waals surface area contributed by atoms with Crippen molar-refractivity contribution < 1.29 is 14.3 Å². The average molecular weight is 351 g/mol. The summed E-state index contributed by atoms with van der Waals surface area (Å²) in [6.07, 6.45) is 12.5. The first-order valence-corrected chi connectivity index (χ1v) is 9.58. The maximum Gasteiger partial charge on any atom is 0.302 e. The van der Waals surface area contributed by atoms with Gasteiger partial charge in [0.05, 0.1) is 18.6 Å². The van der Waals surface area contributed by atoms with Gasteiger partial charge >= 0.3 is 5.97 Å². The molecule has 0 saturated heterocycles. The first-order chi connectivity index (χ1) is 12.4. The third kappa shape index (κ3) is 2.33. The van der Waals surface area contributed by atoms with Gasteiger partial charge in [-0.05, 0) is 63.0 Å². The Morgan fingerprint density at radius 1 is 1.38 bits per heavy atom. The monoisotopic (exact) mass is 351 g/mol. The van der Waals surface area contributed by atoms with Gasteiger partial charge in [-0.25, -0.2) is 0 Å². The summed E-state index contributed by atoms with van der Waals surface area (Å²) in [5, 5.41) is 9.73. The minimum atomic E-state index is -0.272. The molecule has 4 nitrogen and oxygen atoms in total. The summed E-state index contributed by atoms with van der Waals surface area (Å²) in [5.41, 5.74) is 2.20. The van der Waals surface area contributed by atoms with E-state index in [4.69, 9.17) is 4.74 Å². The van der Waals surface area contributed by atoms with Crippen molar-refractivity contribution in [2.24, 2.45) is 28.6 Å². The quantitative estimate of drug-likeness (QED) is 0.559. The molecule has 4 aliphatic rings. The van der Waals surface area contributed by atoms with Crippen LogP contribution in [0.4, 0.5) is 0 Å². The summed E-state index contributed by atoms with van der Waals surface area (Å²) < 4.78 is 5.45. The van der Waals surface area contributed by atoms with Gasteiger partial charge in [0, 0.05) is 17.8 Å². The highest BCUT2D eigenvalue weighted by Gasteiger charge is 2.58. The molecule has 136 valence electrons. The normalized spacial score (nSPS) is 40.5. The Morgan fingerprint density at radius 2 is 2.19 bits per heavy atom. The first-order valence-electron chi connectivity index (χ1n) is 9.58. The van der Waals surface area contributed by atoms with Crippen molar-refractivity contribution >= 4 is 11.8 Å². The van der Waals surface area contributed by atoms with Crippen LogP contribution in [-0.4, -0.2) is 18.4 Å². The van der Waals surface area contributed by atoms with Crippen LogP contribution >= 0.6 is 0 Å². The van der Waals surface area contributed by atoms with Gasteiger partial charge in [0.2, 0.25) is 0 Å². The zero-order valence-electron chi connectivity index (χ0n) is 15.5. The SMILES string of the molecule is CC(=O)OC[C@]12CC=C3[C@@H](CCC4=CC(=O)C=C[C@@]43C)[C@@H]1CC[C@@H]2C#N. The molecule has 0 unspecified atom stereocenters. The molecule has 0 aromatic carbocycles. The molecule has 0 aromatic heterocycles. The van der Waals surface area contributed by atoms with Crippen molar-refractivity contribution in [2.45, 2.75) is 46.0 Å². The maximum atomic E-state index is 11.8. The van der Waals surface area contributed by atoms with Crippen LogP contribution in [0, 0.1) is 39.9 Å². The van der Waals surface area contributed by atoms with E-state index in [1.165, 1.54) is 18.1 Å². The van der Waals surface area contributed by atoms with E-state index in [-0.39, 0.29) is 28.5 Å². The molecule has 0 heterocycles. The highest BCUT2D eigenvalue weighted by Crippen LogP contribution is 2.63. The zero-order valence-corrected chi connectivity index (χ0v) is 15.5. The van der Waals surface area contributed by atoms with Gasteiger partial charge in [-0.3, -0.25) is 9.59 Å². The molecule has 2 fully saturated rings. The Hall–Kier alpha value is -2.15. The highest BCUT2D eigenvalue weighted by molar-refractivity contribution is 6.01. The number of nitriles is 1. The van der Waals surface area contributed by atoms with Crippen LogP contribution in [0.3, 0.4) is 0 Å². The van der Waals surface area contributed by atoms with E-state index in [1.54, 1.807) is 6.08 Å². The smallest absolute Gasteiger partial charge is 0.302 e. The highest BCUT2D eigenvalue weighted by atomic mass is 16.5. The third-order valence-corrected chi connectivity index (χ3v) is 7.37. The molecule has 0 spiro atoms. The predicted molar refractivity (Wildman–Crippen MR) is 96.7 cm³/mol. The molecule has 26 heavy (non-hydrogen) atoms. The van der Waals surface area contributed by atoms with E-state index >= 15 is 0 Å². The number of allylic oxidation sites excluding steroid dienone is 6. The third-order valence-electron chi connectivity index (χ3n) is 7.37. The average Bonchev–Trinajstić information content (AvgIpc) is 2.99. The number of ether oxygens (including phenoxy) is 1. The summed E-state index contributed by atoms with van der Waals surface area (Å²) in [5.74, 6) is 0.527. The van der Waals surface area contributed by atoms with Gasteiger partial charge in [0.1, 0.15) is 0 Å². The van der Waals surface area contributed by atoms with E-state index in [0.29, 0.717) is 18.4 Å². The molecule has 0 aliphatic heterocycles. The second kappa shape index (κ2) is 5.94. The standard InChI is InChI=1S/C22H25NO3/c1-14(24)26-13-22-10-8-19-18(20(22)6-4-16(22)12-23)5-3-15-11-17(25)7-9-21(15,19)2/h7-9,11,16,18,20H,3-6,10,13H2,1-2H3/t16-,18-,20+,21+,22+/m1/s1. The maximum absolute atomic E-state index is 11.8. The van der Waals surface area contributed by atoms with Crippen molar-refractivity contribution in [2.75, 3.05) is 6.61 Å². The van der Waals surface area contributed by atoms with E-state index < -0.39 is 0 Å². The van der Waals surface area contributed by atoms with Crippen LogP contribution in [0.1, 0.15) is 46.0 Å². The van der Waals surface area contributed by atoms with Crippen LogP contribution < -0.4 is 0 Å². The molecule has 4 heteroatoms. The molecule has 0 amide bonds. The van der Waals surface area contributed by atoms with Gasteiger partial charge in [0.25, 0.3) is 0 Å². The molecule has 0 aromatic rings. The van der Waals surface area contributed by atoms with Crippen molar-refractivity contribution in [3.8, 4) is 6.07 Å². The summed E-state index contributed by atoms with van der Waals surface area (Å²) in [7, 11) is 0. The number of fused-ring (bicyclic) bond motifs is 5. The lowest BCUT2D eigenvalue weighted by molar-refractivity contribution is -0.147. The van der Waals surface area contributed by atoms with Crippen LogP contribution in [0.2, 0.25) is 0 Å². The number of carbonyl (C=O) groups excluding carboxylic acids is 2. The Bertz CT molecular complexity index is 799. The summed E-state index contributed by atoms with van der Waals surface area (Å²) in [6, 6.07) is 2.50. The minimum absolute atomic E-state index is 0.0575. The first kappa shape index (κ1) is 17.3. The fourth-order valence-corrected chi connectivity index (χ4v) is 6.04. The van der Waals surface area contributed by atoms with Crippen molar-refractivity contribution in [1.82, 2.24) is 0 Å². The molecule has 5 atom stereocenters. The second-order valence-electron chi connectivity index (χ2n) is 8.50. The number of ketones is 1. The number of nitrogens with zero attached hydrogens (tertiary/aromatic N) is 1. The van der Waals surface area contributed by atoms with E-state index in [9.17, 15) is 14.9 Å². The van der Waals surface area contributed by atoms with Crippen LogP contribution in [0.15, 0.2) is 35.5 Å². The molecule has 0 N–H and O–H groups in total. The van der Waals surface area contributed by atoms with E-state index in [1.807, 2.05) is 6.08 Å². The fraction of sp³-hybridized carbons (Fsp3) is 0.591. The van der Waals surface area contributed by atoms with Crippen molar-refractivity contribution in [3.05, 3.63) is 35.5 Å². The summed E-state index contributed by atoms with van der Waals surface area (Å²) in [4.78, 5) is 23.3. The Labute approximate surface area is 154 Å². The number of rotatable bonds is 2. The number of hydrogen-bond donors (Lipinski definition) is 0. The molecule has 0 radical (unpaired) electrons. The van der Waals surface area contributed by atoms with Gasteiger partial charge in [-0.1, -0.05) is 23.3 Å². The Kier molecular flexibility index (Phi) is 3.95. The summed E-state index contributed by atoms with van der Waals surface area (Å²) in [6.45, 7) is 4.00. The second-order valence-corrected chi connectivity index (χ2v) is 8.50. The lowest BCUT2D eigenvalue weighted by Gasteiger charge is -2.52. The number of hydrogen-bond acceptors (Lipinski definition) is 4. The lowest BCUT2D eigenvalue weighted by atomic mass is 9.52. The molecular weight excluding hydrogens is 326 g/mol. The molecule has 4 aliphatic carbocycles. The Morgan fingerprint density at radius 3 is 2.92 bits per heavy atom. The van der Waals surface area contributed by atoms with Crippen LogP contribution in [-0.2, 0) is 14.3 Å². The van der Waals surface area contributed by atoms with E-state index in [0.717, 1.165) is 32.1 Å². The zero-order chi connectivity index (χ0) is 18.5. The number of carbonyl (C=O) groups is 2. The van der Waals surface area contributed by atoms with Gasteiger partial charge in [-0.2, -0.15) is 5.26 Å². The topological polar surface area (TPSA) is 67.2 Å². The van der Waals surface area contributed by atoms with E-state index in [2.05, 4.69) is 25.1 Å². The van der Waals surface area contributed by atoms with Crippen LogP contribution in [0.25, 0.3) is 0 Å². The molecule has 0 bridgehead atoms. The molecule has 2 saturated carbocycles. The molecule has 4 rings (SSSR count). The minimum Gasteiger partial charge on any atom is -0.465 e. The molecular formula is C22H25NO3. The fourth-order valence-electron chi connectivity index (χ4n) is 6.04. The lowest BCUT2D eigenvalue weighted by Crippen LogP contribution is -2.47. The predicted octanol–water partition coefficient (Wildman–Crippen LogP) is 3.90. The van der Waals surface area contributed by atoms with Crippen molar-refractivity contribution in [3.63, 3.8) is 0 Å². The van der Waals surface area contributed by atoms with Crippen molar-refractivity contribution in [1.29, 1.82) is 5.26 Å². The van der Waals surface area contributed by atoms with Gasteiger partial charge < -0.3 is 4.74 Å². The van der Waals surface area contributed by atoms with Gasteiger partial charge in [0.15, 0.2) is 5.78 Å². The summed E-state index contributed by atoms with van der Waals surface area (Å²) >= 11 is 0. The Balaban J connectivity index is 1.74. The van der Waals surface area contributed by atoms with Crippen LogP contribution in [0.5, 0.6) is 0 Å². The number of esters is 1. The van der Waals surface area contributed by atoms with Gasteiger partial charge in [-0.15, -0.1) is 0 Å².